The standard InChI is InChI=1S/C20H20FN3O3S/c1-12-6-7-14(10-15(12)21)24-19(26)18-16(8-9-28-18)23(20(24)27)11-17(25)22-13-4-2-3-5-13/h6-10,13H,2-5,11H2,1H3,(H,22,25). The molecule has 28 heavy (non-hydrogen) atoms. The Morgan fingerprint density at radius 1 is 1.25 bits per heavy atom. The Morgan fingerprint density at radius 3 is 2.71 bits per heavy atom. The van der Waals surface area contributed by atoms with Crippen LogP contribution in [-0.4, -0.2) is 21.1 Å². The Kier molecular flexibility index (Phi) is 4.89. The van der Waals surface area contributed by atoms with Gasteiger partial charge in [-0.05, 0) is 48.9 Å². The number of rotatable bonds is 4. The summed E-state index contributed by atoms with van der Waals surface area (Å²) in [6, 6.07) is 6.01. The van der Waals surface area contributed by atoms with Gasteiger partial charge in [0.25, 0.3) is 5.56 Å². The van der Waals surface area contributed by atoms with E-state index in [0.717, 1.165) is 30.3 Å². The normalized spacial score (nSPS) is 14.6. The first-order chi connectivity index (χ1) is 13.5. The van der Waals surface area contributed by atoms with Crippen LogP contribution in [0, 0.1) is 12.7 Å². The largest absolute Gasteiger partial charge is 0.352 e. The SMILES string of the molecule is Cc1ccc(-n2c(=O)c3sccc3n(CC(=O)NC3CCCC3)c2=O)cc1F. The van der Waals surface area contributed by atoms with Gasteiger partial charge < -0.3 is 5.32 Å². The number of carbonyl (C=O) groups excluding carboxylic acids is 1. The van der Waals surface area contributed by atoms with Crippen LogP contribution in [0.5, 0.6) is 0 Å². The van der Waals surface area contributed by atoms with Crippen LogP contribution in [0.3, 0.4) is 0 Å². The highest BCUT2D eigenvalue weighted by molar-refractivity contribution is 7.17. The third-order valence-corrected chi connectivity index (χ3v) is 6.08. The second-order valence-corrected chi connectivity index (χ2v) is 8.04. The Morgan fingerprint density at radius 2 is 2.00 bits per heavy atom. The fourth-order valence-electron chi connectivity index (χ4n) is 3.68. The molecule has 1 amide bonds. The van der Waals surface area contributed by atoms with Crippen molar-refractivity contribution in [3.05, 3.63) is 61.9 Å². The van der Waals surface area contributed by atoms with E-state index in [1.165, 1.54) is 34.1 Å². The molecule has 4 rings (SSSR count). The predicted molar refractivity (Wildman–Crippen MR) is 107 cm³/mol. The maximum absolute atomic E-state index is 14.0. The highest BCUT2D eigenvalue weighted by Gasteiger charge is 2.21. The lowest BCUT2D eigenvalue weighted by molar-refractivity contribution is -0.122. The molecule has 0 saturated heterocycles. The molecule has 2 aromatic heterocycles. The van der Waals surface area contributed by atoms with E-state index in [-0.39, 0.29) is 24.2 Å². The number of nitrogens with zero attached hydrogens (tertiary/aromatic N) is 2. The van der Waals surface area contributed by atoms with Crippen molar-refractivity contribution in [3.8, 4) is 5.69 Å². The summed E-state index contributed by atoms with van der Waals surface area (Å²) >= 11 is 1.19. The van der Waals surface area contributed by atoms with E-state index in [1.54, 1.807) is 18.4 Å². The molecule has 0 unspecified atom stereocenters. The number of thiophene rings is 1. The molecule has 1 saturated carbocycles. The molecule has 0 aliphatic heterocycles. The van der Waals surface area contributed by atoms with Gasteiger partial charge in [-0.3, -0.25) is 14.2 Å². The molecule has 1 N–H and O–H groups in total. The molecule has 6 nitrogen and oxygen atoms in total. The zero-order valence-corrected chi connectivity index (χ0v) is 16.2. The molecular weight excluding hydrogens is 381 g/mol. The lowest BCUT2D eigenvalue weighted by Crippen LogP contribution is -2.43. The van der Waals surface area contributed by atoms with Crippen molar-refractivity contribution in [2.45, 2.75) is 45.2 Å². The van der Waals surface area contributed by atoms with Crippen LogP contribution in [0.25, 0.3) is 15.9 Å². The van der Waals surface area contributed by atoms with Gasteiger partial charge in [0.15, 0.2) is 0 Å². The van der Waals surface area contributed by atoms with Crippen LogP contribution in [0.1, 0.15) is 31.2 Å². The summed E-state index contributed by atoms with van der Waals surface area (Å²) in [5, 5.41) is 4.66. The van der Waals surface area contributed by atoms with E-state index in [1.807, 2.05) is 0 Å². The summed E-state index contributed by atoms with van der Waals surface area (Å²) in [6.45, 7) is 1.42. The number of benzene rings is 1. The van der Waals surface area contributed by atoms with Crippen molar-refractivity contribution in [2.24, 2.45) is 0 Å². The van der Waals surface area contributed by atoms with Crippen LogP contribution < -0.4 is 16.6 Å². The number of nitrogens with one attached hydrogen (secondary N) is 1. The van der Waals surface area contributed by atoms with E-state index < -0.39 is 17.1 Å². The lowest BCUT2D eigenvalue weighted by Gasteiger charge is -2.15. The molecule has 1 aliphatic carbocycles. The third kappa shape index (κ3) is 3.28. The Bertz CT molecular complexity index is 1170. The zero-order chi connectivity index (χ0) is 19.8. The highest BCUT2D eigenvalue weighted by atomic mass is 32.1. The summed E-state index contributed by atoms with van der Waals surface area (Å²) in [7, 11) is 0. The summed E-state index contributed by atoms with van der Waals surface area (Å²) in [5.74, 6) is -0.762. The van der Waals surface area contributed by atoms with Gasteiger partial charge in [0.05, 0.1) is 11.2 Å². The number of carbonyl (C=O) groups is 1. The van der Waals surface area contributed by atoms with Gasteiger partial charge in [-0.2, -0.15) is 0 Å². The summed E-state index contributed by atoms with van der Waals surface area (Å²) in [5.41, 5.74) is -0.166. The van der Waals surface area contributed by atoms with Crippen molar-refractivity contribution in [2.75, 3.05) is 0 Å². The first kappa shape index (κ1) is 18.6. The molecule has 2 heterocycles. The van der Waals surface area contributed by atoms with Gasteiger partial charge in [0, 0.05) is 6.04 Å². The van der Waals surface area contributed by atoms with Gasteiger partial charge in [0.2, 0.25) is 5.91 Å². The van der Waals surface area contributed by atoms with Crippen molar-refractivity contribution in [3.63, 3.8) is 0 Å². The quantitative estimate of drug-likeness (QED) is 0.731. The van der Waals surface area contributed by atoms with E-state index >= 15 is 0 Å². The first-order valence-electron chi connectivity index (χ1n) is 9.24. The van der Waals surface area contributed by atoms with Gasteiger partial charge >= 0.3 is 5.69 Å². The maximum atomic E-state index is 14.0. The number of aryl methyl sites for hydroxylation is 1. The number of hydrogen-bond acceptors (Lipinski definition) is 4. The fraction of sp³-hybridized carbons (Fsp3) is 0.350. The smallest absolute Gasteiger partial charge is 0.336 e. The van der Waals surface area contributed by atoms with Crippen molar-refractivity contribution >= 4 is 27.5 Å². The van der Waals surface area contributed by atoms with Crippen molar-refractivity contribution in [1.29, 1.82) is 0 Å². The second kappa shape index (κ2) is 7.35. The minimum atomic E-state index is -0.652. The Balaban J connectivity index is 1.81. The van der Waals surface area contributed by atoms with Gasteiger partial charge in [0.1, 0.15) is 17.1 Å². The predicted octanol–water partition coefficient (Wildman–Crippen LogP) is 2.72. The van der Waals surface area contributed by atoms with E-state index in [4.69, 9.17) is 0 Å². The fourth-order valence-corrected chi connectivity index (χ4v) is 4.50. The number of amides is 1. The molecule has 0 radical (unpaired) electrons. The average Bonchev–Trinajstić information content (AvgIpc) is 3.33. The van der Waals surface area contributed by atoms with Crippen molar-refractivity contribution < 1.29 is 9.18 Å². The zero-order valence-electron chi connectivity index (χ0n) is 15.4. The Labute approximate surface area is 164 Å². The molecule has 146 valence electrons. The van der Waals surface area contributed by atoms with E-state index in [0.29, 0.717) is 15.8 Å². The minimum absolute atomic E-state index is 0.137. The third-order valence-electron chi connectivity index (χ3n) is 5.19. The van der Waals surface area contributed by atoms with Crippen LogP contribution in [0.2, 0.25) is 0 Å². The molecule has 8 heteroatoms. The molecular formula is C20H20FN3O3S. The number of hydrogen-bond donors (Lipinski definition) is 1. The molecule has 3 aromatic rings. The number of fused-ring (bicyclic) bond motifs is 1. The number of aromatic nitrogens is 2. The highest BCUT2D eigenvalue weighted by Crippen LogP contribution is 2.19. The maximum Gasteiger partial charge on any atom is 0.336 e. The van der Waals surface area contributed by atoms with Gasteiger partial charge in [-0.1, -0.05) is 18.9 Å². The van der Waals surface area contributed by atoms with Gasteiger partial charge in [-0.15, -0.1) is 11.3 Å². The topological polar surface area (TPSA) is 73.1 Å². The Hall–Kier alpha value is -2.74. The average molecular weight is 401 g/mol. The second-order valence-electron chi connectivity index (χ2n) is 7.13. The molecule has 0 spiro atoms. The van der Waals surface area contributed by atoms with Gasteiger partial charge in [-0.25, -0.2) is 13.8 Å². The molecule has 1 aromatic carbocycles. The minimum Gasteiger partial charge on any atom is -0.352 e. The molecule has 1 fully saturated rings. The summed E-state index contributed by atoms with van der Waals surface area (Å²) < 4.78 is 16.6. The molecule has 0 atom stereocenters. The first-order valence-corrected chi connectivity index (χ1v) is 10.1. The summed E-state index contributed by atoms with van der Waals surface area (Å²) in [4.78, 5) is 38.5. The molecule has 1 aliphatic rings. The van der Waals surface area contributed by atoms with Crippen LogP contribution >= 0.6 is 11.3 Å². The van der Waals surface area contributed by atoms with E-state index in [9.17, 15) is 18.8 Å². The van der Waals surface area contributed by atoms with Crippen LogP contribution in [-0.2, 0) is 11.3 Å². The molecule has 0 bridgehead atoms. The monoisotopic (exact) mass is 401 g/mol. The van der Waals surface area contributed by atoms with E-state index in [2.05, 4.69) is 5.32 Å². The van der Waals surface area contributed by atoms with Crippen molar-refractivity contribution in [1.82, 2.24) is 14.5 Å². The van der Waals surface area contributed by atoms with Crippen LogP contribution in [0.4, 0.5) is 4.39 Å². The lowest BCUT2D eigenvalue weighted by atomic mass is 10.2. The summed E-state index contributed by atoms with van der Waals surface area (Å²) in [6.07, 6.45) is 4.06. The van der Waals surface area contributed by atoms with Crippen LogP contribution in [0.15, 0.2) is 39.2 Å². The number of halogens is 1.